The molecule has 1 fully saturated rings. The van der Waals surface area contributed by atoms with E-state index in [1.165, 1.54) is 17.2 Å². The number of fused-ring (bicyclic) bond motifs is 1. The molecule has 5 N–H and O–H groups in total. The molecule has 19 heavy (non-hydrogen) atoms. The van der Waals surface area contributed by atoms with E-state index in [2.05, 4.69) is 15.0 Å². The number of nitrogen functional groups attached to an aromatic ring is 1. The molecule has 0 unspecified atom stereocenters. The lowest BCUT2D eigenvalue weighted by Crippen LogP contribution is -2.33. The van der Waals surface area contributed by atoms with Gasteiger partial charge < -0.3 is 25.8 Å². The molecule has 1 aliphatic heterocycles. The first-order valence-electron chi connectivity index (χ1n) is 5.69. The first-order chi connectivity index (χ1) is 9.13. The van der Waals surface area contributed by atoms with Gasteiger partial charge in [-0.3, -0.25) is 4.57 Å². The second-order valence-corrected chi connectivity index (χ2v) is 4.31. The first-order valence-corrected chi connectivity index (χ1v) is 5.69. The first kappa shape index (κ1) is 12.2. The molecule has 2 aromatic rings. The number of imidazole rings is 1. The second kappa shape index (κ2) is 4.38. The zero-order chi connectivity index (χ0) is 13.6. The maximum Gasteiger partial charge on any atom is 0.167 e. The lowest BCUT2D eigenvalue weighted by Gasteiger charge is -2.16. The molecule has 0 radical (unpaired) electrons. The third kappa shape index (κ3) is 1.75. The van der Waals surface area contributed by atoms with Crippen LogP contribution in [0.15, 0.2) is 12.7 Å². The van der Waals surface area contributed by atoms with Gasteiger partial charge in [0.2, 0.25) is 0 Å². The van der Waals surface area contributed by atoms with Crippen molar-refractivity contribution in [1.82, 2.24) is 19.5 Å². The molecule has 0 bridgehead atoms. The fraction of sp³-hybridized carbons (Fsp3) is 0.500. The maximum absolute atomic E-state index is 9.95. The Morgan fingerprint density at radius 1 is 1.26 bits per heavy atom. The van der Waals surface area contributed by atoms with E-state index in [0.717, 1.165) is 0 Å². The number of rotatable bonds is 2. The van der Waals surface area contributed by atoms with Crippen LogP contribution in [0.4, 0.5) is 5.82 Å². The van der Waals surface area contributed by atoms with Crippen molar-refractivity contribution in [2.24, 2.45) is 0 Å². The summed E-state index contributed by atoms with van der Waals surface area (Å²) < 4.78 is 6.85. The molecule has 1 saturated heterocycles. The lowest BCUT2D eigenvalue weighted by molar-refractivity contribution is -0.0511. The van der Waals surface area contributed by atoms with Gasteiger partial charge in [0.15, 0.2) is 17.7 Å². The number of aromatic nitrogens is 4. The van der Waals surface area contributed by atoms with E-state index in [1.807, 2.05) is 0 Å². The minimum Gasteiger partial charge on any atom is -0.394 e. The van der Waals surface area contributed by atoms with Gasteiger partial charge in [-0.25, -0.2) is 15.0 Å². The van der Waals surface area contributed by atoms with Crippen molar-refractivity contribution < 1.29 is 20.1 Å². The molecule has 0 aromatic carbocycles. The molecule has 9 nitrogen and oxygen atoms in total. The Labute approximate surface area is 107 Å². The van der Waals surface area contributed by atoms with Crippen LogP contribution in [0.1, 0.15) is 6.23 Å². The number of hydrogen-bond donors (Lipinski definition) is 4. The molecular formula is C10H13N5O4. The number of aliphatic hydroxyl groups is 3. The predicted molar refractivity (Wildman–Crippen MR) is 62.7 cm³/mol. The summed E-state index contributed by atoms with van der Waals surface area (Å²) in [4.78, 5) is 11.9. The van der Waals surface area contributed by atoms with Crippen LogP contribution in [0.2, 0.25) is 0 Å². The number of aliphatic hydroxyl groups excluding tert-OH is 3. The molecule has 0 saturated carbocycles. The maximum atomic E-state index is 9.95. The SMILES string of the molecule is Nc1ncnc2c1ncn2[C@@H]1O[C@H]([13CH2]O)[C@@H](O)[C@H]1O. The van der Waals surface area contributed by atoms with Crippen LogP contribution in [0.5, 0.6) is 0 Å². The zero-order valence-electron chi connectivity index (χ0n) is 9.79. The molecule has 1 aliphatic rings. The van der Waals surface area contributed by atoms with Crippen molar-refractivity contribution in [1.29, 1.82) is 0 Å². The average molecular weight is 268 g/mol. The van der Waals surface area contributed by atoms with Crippen LogP contribution < -0.4 is 5.73 Å². The predicted octanol–water partition coefficient (Wildman–Crippen LogP) is -1.98. The third-order valence-electron chi connectivity index (χ3n) is 3.18. The fourth-order valence-electron chi connectivity index (χ4n) is 2.17. The third-order valence-corrected chi connectivity index (χ3v) is 3.18. The molecule has 2 aromatic heterocycles. The van der Waals surface area contributed by atoms with Gasteiger partial charge in [0.05, 0.1) is 12.9 Å². The standard InChI is InChI=1S/C10H13N5O4/c11-8-5-9(13-2-12-8)15(3-14-5)10-7(18)6(17)4(1-16)19-10/h2-4,6-7,10,16-18H,1H2,(H2,11,12,13)/t4-,6-,7-,10-/m1/s1/i1+1. The van der Waals surface area contributed by atoms with Gasteiger partial charge in [-0.15, -0.1) is 0 Å². The number of hydrogen-bond acceptors (Lipinski definition) is 8. The van der Waals surface area contributed by atoms with Crippen molar-refractivity contribution in [3.05, 3.63) is 12.7 Å². The molecule has 4 atom stereocenters. The number of nitrogens with zero attached hydrogens (tertiary/aromatic N) is 4. The summed E-state index contributed by atoms with van der Waals surface area (Å²) in [5, 5.41) is 28.7. The van der Waals surface area contributed by atoms with E-state index in [9.17, 15) is 10.2 Å². The van der Waals surface area contributed by atoms with Gasteiger partial charge in [-0.1, -0.05) is 0 Å². The number of ether oxygens (including phenoxy) is 1. The minimum absolute atomic E-state index is 0.218. The summed E-state index contributed by atoms with van der Waals surface area (Å²) in [7, 11) is 0. The highest BCUT2D eigenvalue weighted by molar-refractivity contribution is 5.81. The van der Waals surface area contributed by atoms with Crippen LogP contribution in [-0.2, 0) is 4.74 Å². The summed E-state index contributed by atoms with van der Waals surface area (Å²) in [6, 6.07) is 0. The lowest BCUT2D eigenvalue weighted by atomic mass is 10.2. The molecule has 0 aliphatic carbocycles. The summed E-state index contributed by atoms with van der Waals surface area (Å²) >= 11 is 0. The van der Waals surface area contributed by atoms with E-state index in [0.29, 0.717) is 11.2 Å². The van der Waals surface area contributed by atoms with Crippen molar-refractivity contribution >= 4 is 17.0 Å². The van der Waals surface area contributed by atoms with Crippen molar-refractivity contribution in [2.75, 3.05) is 12.3 Å². The molecular weight excluding hydrogens is 255 g/mol. The van der Waals surface area contributed by atoms with Crippen LogP contribution in [-0.4, -0.2) is 59.8 Å². The van der Waals surface area contributed by atoms with Crippen LogP contribution in [0, 0.1) is 0 Å². The summed E-state index contributed by atoms with van der Waals surface area (Å²) in [5.74, 6) is 0.218. The Balaban J connectivity index is 2.04. The molecule has 3 rings (SSSR count). The van der Waals surface area contributed by atoms with Gasteiger partial charge in [0, 0.05) is 0 Å². The Morgan fingerprint density at radius 2 is 2.05 bits per heavy atom. The van der Waals surface area contributed by atoms with E-state index in [4.69, 9.17) is 15.6 Å². The Kier molecular flexibility index (Phi) is 2.82. The topological polar surface area (TPSA) is 140 Å². The quantitative estimate of drug-likeness (QED) is 0.459. The number of nitrogens with two attached hydrogens (primary N) is 1. The summed E-state index contributed by atoms with van der Waals surface area (Å²) in [6.45, 7) is -0.390. The minimum atomic E-state index is -1.19. The average Bonchev–Trinajstić information content (AvgIpc) is 2.94. The Morgan fingerprint density at radius 3 is 2.74 bits per heavy atom. The van der Waals surface area contributed by atoms with Gasteiger partial charge >= 0.3 is 0 Å². The van der Waals surface area contributed by atoms with E-state index < -0.39 is 31.1 Å². The van der Waals surface area contributed by atoms with Gasteiger partial charge in [-0.05, 0) is 0 Å². The fourth-order valence-corrected chi connectivity index (χ4v) is 2.17. The van der Waals surface area contributed by atoms with Crippen molar-refractivity contribution in [2.45, 2.75) is 24.5 Å². The zero-order valence-corrected chi connectivity index (χ0v) is 9.79. The molecule has 0 amide bonds. The Bertz CT molecular complexity index is 603. The van der Waals surface area contributed by atoms with Crippen molar-refractivity contribution in [3.8, 4) is 0 Å². The molecule has 3 heterocycles. The highest BCUT2D eigenvalue weighted by atomic mass is 16.6. The van der Waals surface area contributed by atoms with Gasteiger partial charge in [0.1, 0.15) is 30.2 Å². The van der Waals surface area contributed by atoms with E-state index in [-0.39, 0.29) is 5.82 Å². The van der Waals surface area contributed by atoms with Gasteiger partial charge in [0.25, 0.3) is 0 Å². The number of anilines is 1. The van der Waals surface area contributed by atoms with Crippen LogP contribution in [0.25, 0.3) is 11.2 Å². The summed E-state index contributed by atoms with van der Waals surface area (Å²) in [5.41, 5.74) is 6.44. The van der Waals surface area contributed by atoms with E-state index in [1.54, 1.807) is 0 Å². The molecule has 102 valence electrons. The molecule has 0 spiro atoms. The normalized spacial score (nSPS) is 31.1. The smallest absolute Gasteiger partial charge is 0.167 e. The highest BCUT2D eigenvalue weighted by Gasteiger charge is 2.43. The molecule has 9 heteroatoms. The summed E-state index contributed by atoms with van der Waals surface area (Å²) in [6.07, 6.45) is -1.42. The second-order valence-electron chi connectivity index (χ2n) is 4.31. The van der Waals surface area contributed by atoms with Crippen LogP contribution in [0.3, 0.4) is 0 Å². The van der Waals surface area contributed by atoms with Crippen LogP contribution >= 0.6 is 0 Å². The monoisotopic (exact) mass is 268 g/mol. The van der Waals surface area contributed by atoms with E-state index >= 15 is 0 Å². The Hall–Kier alpha value is -1.81. The highest BCUT2D eigenvalue weighted by Crippen LogP contribution is 2.31. The van der Waals surface area contributed by atoms with Crippen molar-refractivity contribution in [3.63, 3.8) is 0 Å². The largest absolute Gasteiger partial charge is 0.394 e. The van der Waals surface area contributed by atoms with Gasteiger partial charge in [-0.2, -0.15) is 0 Å².